The van der Waals surface area contributed by atoms with E-state index in [1.54, 1.807) is 4.90 Å². The van der Waals surface area contributed by atoms with Crippen LogP contribution in [0, 0.1) is 5.92 Å². The number of amides is 1. The molecular formula is C20H25NO4. The minimum atomic E-state index is -0.534. The van der Waals surface area contributed by atoms with Gasteiger partial charge in [0.1, 0.15) is 17.6 Å². The molecule has 5 nitrogen and oxygen atoms in total. The molecule has 3 rings (SSSR count). The van der Waals surface area contributed by atoms with Crippen molar-refractivity contribution in [1.82, 2.24) is 4.90 Å². The molecule has 0 bridgehead atoms. The van der Waals surface area contributed by atoms with Crippen molar-refractivity contribution in [3.63, 3.8) is 0 Å². The molecule has 0 N–H and O–H groups in total. The summed E-state index contributed by atoms with van der Waals surface area (Å²) in [5.74, 6) is 1.20. The van der Waals surface area contributed by atoms with Gasteiger partial charge in [0.25, 0.3) is 5.91 Å². The second-order valence-electron chi connectivity index (χ2n) is 6.77. The molecule has 5 heteroatoms. The lowest BCUT2D eigenvalue weighted by Gasteiger charge is -2.30. The highest BCUT2D eigenvalue weighted by atomic mass is 16.5. The van der Waals surface area contributed by atoms with Crippen LogP contribution in [0.4, 0.5) is 0 Å². The van der Waals surface area contributed by atoms with Crippen LogP contribution in [0.1, 0.15) is 38.5 Å². The standard InChI is InChI=1S/C20H25NO4/c1-24-20(23)18(12-15-8-4-2-5-9-15)21-14-17(13-19(21)22)25-16-10-6-3-7-11-16/h3,6-7,10-11,13,15,18H,2,4-5,8-9,12,14H2,1H3. The van der Waals surface area contributed by atoms with Crippen LogP contribution in [0.25, 0.3) is 0 Å². The number of nitrogens with zero attached hydrogens (tertiary/aromatic N) is 1. The van der Waals surface area contributed by atoms with Gasteiger partial charge in [0, 0.05) is 6.08 Å². The third-order valence-electron chi connectivity index (χ3n) is 5.02. The van der Waals surface area contributed by atoms with Gasteiger partial charge in [-0.15, -0.1) is 0 Å². The number of hydrogen-bond donors (Lipinski definition) is 0. The van der Waals surface area contributed by atoms with Crippen molar-refractivity contribution < 1.29 is 19.1 Å². The fourth-order valence-corrected chi connectivity index (χ4v) is 3.70. The fraction of sp³-hybridized carbons (Fsp3) is 0.500. The summed E-state index contributed by atoms with van der Waals surface area (Å²) in [6, 6.07) is 8.82. The monoisotopic (exact) mass is 343 g/mol. The Morgan fingerprint density at radius 2 is 1.92 bits per heavy atom. The summed E-state index contributed by atoms with van der Waals surface area (Å²) in [7, 11) is 1.38. The van der Waals surface area contributed by atoms with E-state index in [0.29, 0.717) is 30.4 Å². The Hall–Kier alpha value is -2.30. The normalized spacial score (nSPS) is 19.5. The van der Waals surface area contributed by atoms with Gasteiger partial charge in [-0.25, -0.2) is 4.79 Å². The van der Waals surface area contributed by atoms with E-state index in [-0.39, 0.29) is 11.9 Å². The van der Waals surface area contributed by atoms with Gasteiger partial charge in [-0.2, -0.15) is 0 Å². The van der Waals surface area contributed by atoms with Gasteiger partial charge in [-0.3, -0.25) is 4.79 Å². The van der Waals surface area contributed by atoms with Gasteiger partial charge < -0.3 is 14.4 Å². The summed E-state index contributed by atoms with van der Waals surface area (Å²) in [4.78, 5) is 26.3. The molecule has 1 aromatic carbocycles. The second kappa shape index (κ2) is 8.19. The molecule has 1 aromatic rings. The number of benzene rings is 1. The van der Waals surface area contributed by atoms with Crippen LogP contribution in [-0.2, 0) is 14.3 Å². The first-order chi connectivity index (χ1) is 12.2. The quantitative estimate of drug-likeness (QED) is 0.744. The van der Waals surface area contributed by atoms with Crippen molar-refractivity contribution in [2.24, 2.45) is 5.92 Å². The van der Waals surface area contributed by atoms with Crippen LogP contribution < -0.4 is 4.74 Å². The van der Waals surface area contributed by atoms with E-state index in [1.807, 2.05) is 30.3 Å². The summed E-state index contributed by atoms with van der Waals surface area (Å²) < 4.78 is 10.7. The number of para-hydroxylation sites is 1. The van der Waals surface area contributed by atoms with Gasteiger partial charge in [-0.05, 0) is 24.5 Å². The number of ether oxygens (including phenoxy) is 2. The minimum absolute atomic E-state index is 0.183. The summed E-state index contributed by atoms with van der Waals surface area (Å²) in [5.41, 5.74) is 0. The average Bonchev–Trinajstić information content (AvgIpc) is 3.00. The van der Waals surface area contributed by atoms with Crippen LogP contribution in [0.2, 0.25) is 0 Å². The highest BCUT2D eigenvalue weighted by Gasteiger charge is 2.36. The summed E-state index contributed by atoms with van der Waals surface area (Å²) in [6.07, 6.45) is 8.06. The van der Waals surface area contributed by atoms with Crippen molar-refractivity contribution in [2.45, 2.75) is 44.6 Å². The van der Waals surface area contributed by atoms with Gasteiger partial charge >= 0.3 is 5.97 Å². The molecule has 0 radical (unpaired) electrons. The molecule has 1 aliphatic carbocycles. The predicted molar refractivity (Wildman–Crippen MR) is 93.9 cm³/mol. The third kappa shape index (κ3) is 4.41. The fourth-order valence-electron chi connectivity index (χ4n) is 3.70. The largest absolute Gasteiger partial charge is 0.467 e. The van der Waals surface area contributed by atoms with Gasteiger partial charge in [0.15, 0.2) is 0 Å². The van der Waals surface area contributed by atoms with E-state index < -0.39 is 6.04 Å². The zero-order valence-electron chi connectivity index (χ0n) is 14.6. The topological polar surface area (TPSA) is 55.8 Å². The van der Waals surface area contributed by atoms with Gasteiger partial charge in [0.2, 0.25) is 0 Å². The second-order valence-corrected chi connectivity index (χ2v) is 6.77. The van der Waals surface area contributed by atoms with Crippen molar-refractivity contribution in [2.75, 3.05) is 13.7 Å². The summed E-state index contributed by atoms with van der Waals surface area (Å²) in [5, 5.41) is 0. The Labute approximate surface area is 148 Å². The van der Waals surface area contributed by atoms with E-state index in [9.17, 15) is 9.59 Å². The van der Waals surface area contributed by atoms with Crippen LogP contribution >= 0.6 is 0 Å². The molecule has 1 saturated carbocycles. The molecule has 1 heterocycles. The van der Waals surface area contributed by atoms with E-state index in [0.717, 1.165) is 12.8 Å². The summed E-state index contributed by atoms with van der Waals surface area (Å²) >= 11 is 0. The maximum atomic E-state index is 12.4. The van der Waals surface area contributed by atoms with Gasteiger partial charge in [-0.1, -0.05) is 50.3 Å². The Morgan fingerprint density at radius 1 is 1.20 bits per heavy atom. The first-order valence-electron chi connectivity index (χ1n) is 8.99. The number of rotatable bonds is 6. The van der Waals surface area contributed by atoms with E-state index in [4.69, 9.17) is 9.47 Å². The Kier molecular flexibility index (Phi) is 5.74. The molecule has 1 aliphatic heterocycles. The number of esters is 1. The first kappa shape index (κ1) is 17.5. The van der Waals surface area contributed by atoms with Crippen LogP contribution in [-0.4, -0.2) is 36.5 Å². The Bertz CT molecular complexity index is 634. The molecule has 134 valence electrons. The predicted octanol–water partition coefficient (Wildman–Crippen LogP) is 3.30. The van der Waals surface area contributed by atoms with Gasteiger partial charge in [0.05, 0.1) is 13.7 Å². The number of methoxy groups -OCH3 is 1. The molecule has 2 aliphatic rings. The Morgan fingerprint density at radius 3 is 2.60 bits per heavy atom. The molecule has 0 spiro atoms. The molecular weight excluding hydrogens is 318 g/mol. The highest BCUT2D eigenvalue weighted by Crippen LogP contribution is 2.30. The highest BCUT2D eigenvalue weighted by molar-refractivity contribution is 5.94. The first-order valence-corrected chi connectivity index (χ1v) is 8.99. The lowest BCUT2D eigenvalue weighted by molar-refractivity contribution is -0.151. The third-order valence-corrected chi connectivity index (χ3v) is 5.02. The number of carbonyl (C=O) groups excluding carboxylic acids is 2. The molecule has 1 atom stereocenters. The lowest BCUT2D eigenvalue weighted by Crippen LogP contribution is -2.44. The molecule has 25 heavy (non-hydrogen) atoms. The van der Waals surface area contributed by atoms with Crippen molar-refractivity contribution in [3.05, 3.63) is 42.2 Å². The van der Waals surface area contributed by atoms with Crippen molar-refractivity contribution >= 4 is 11.9 Å². The zero-order chi connectivity index (χ0) is 17.6. The van der Waals surface area contributed by atoms with Crippen LogP contribution in [0.5, 0.6) is 5.75 Å². The SMILES string of the molecule is COC(=O)C(CC1CCCCC1)N1CC(Oc2ccccc2)=CC1=O. The molecule has 0 aromatic heterocycles. The number of carbonyl (C=O) groups is 2. The maximum Gasteiger partial charge on any atom is 0.328 e. The maximum absolute atomic E-state index is 12.4. The average molecular weight is 343 g/mol. The van der Waals surface area contributed by atoms with Crippen molar-refractivity contribution in [1.29, 1.82) is 0 Å². The smallest absolute Gasteiger partial charge is 0.328 e. The molecule has 1 fully saturated rings. The molecule has 0 saturated heterocycles. The lowest BCUT2D eigenvalue weighted by atomic mass is 9.84. The van der Waals surface area contributed by atoms with E-state index in [2.05, 4.69) is 0 Å². The van der Waals surface area contributed by atoms with Crippen LogP contribution in [0.15, 0.2) is 42.2 Å². The van der Waals surface area contributed by atoms with Crippen LogP contribution in [0.3, 0.4) is 0 Å². The number of hydrogen-bond acceptors (Lipinski definition) is 4. The Balaban J connectivity index is 1.67. The van der Waals surface area contributed by atoms with E-state index >= 15 is 0 Å². The summed E-state index contributed by atoms with van der Waals surface area (Å²) in [6.45, 7) is 0.306. The zero-order valence-corrected chi connectivity index (χ0v) is 14.6. The molecule has 1 unspecified atom stereocenters. The molecule has 1 amide bonds. The van der Waals surface area contributed by atoms with E-state index in [1.165, 1.54) is 32.4 Å². The van der Waals surface area contributed by atoms with Crippen molar-refractivity contribution in [3.8, 4) is 5.75 Å². The minimum Gasteiger partial charge on any atom is -0.467 e.